The van der Waals surface area contributed by atoms with E-state index in [2.05, 4.69) is 0 Å². The molecule has 0 spiro atoms. The quantitative estimate of drug-likeness (QED) is 0.782. The summed E-state index contributed by atoms with van der Waals surface area (Å²) in [4.78, 5) is 0.125. The van der Waals surface area contributed by atoms with Crippen molar-refractivity contribution in [1.29, 1.82) is 0 Å². The number of benzene rings is 1. The third kappa shape index (κ3) is 3.29. The Labute approximate surface area is 136 Å². The maximum atomic E-state index is 12.5. The molecular formula is C16H22O6S. The average Bonchev–Trinajstić information content (AvgIpc) is 2.92. The molecule has 2 heterocycles. The molecule has 0 aromatic heterocycles. The molecule has 3 rings (SSSR count). The molecule has 0 amide bonds. The number of hydrogen-bond acceptors (Lipinski definition) is 6. The number of rotatable bonds is 4. The van der Waals surface area contributed by atoms with Crippen molar-refractivity contribution >= 4 is 10.1 Å². The molecular weight excluding hydrogens is 320 g/mol. The Kier molecular flexibility index (Phi) is 4.27. The monoisotopic (exact) mass is 342 g/mol. The second-order valence-corrected chi connectivity index (χ2v) is 7.95. The molecule has 0 saturated carbocycles. The normalized spacial score (nSPS) is 32.9. The molecule has 0 aliphatic carbocycles. The molecule has 0 N–H and O–H groups in total. The van der Waals surface area contributed by atoms with Gasteiger partial charge in [-0.05, 0) is 39.3 Å². The van der Waals surface area contributed by atoms with Crippen LogP contribution in [0.15, 0.2) is 29.2 Å². The van der Waals surface area contributed by atoms with Crippen LogP contribution in [-0.4, -0.2) is 38.8 Å². The summed E-state index contributed by atoms with van der Waals surface area (Å²) in [7, 11) is -3.89. The first-order valence-electron chi connectivity index (χ1n) is 7.73. The van der Waals surface area contributed by atoms with Crippen molar-refractivity contribution in [3.8, 4) is 0 Å². The minimum atomic E-state index is -3.89. The Morgan fingerprint density at radius 2 is 1.83 bits per heavy atom. The lowest BCUT2D eigenvalue weighted by molar-refractivity contribution is -0.213. The maximum Gasteiger partial charge on any atom is 0.297 e. The first-order chi connectivity index (χ1) is 10.7. The molecule has 1 aromatic carbocycles. The smallest absolute Gasteiger partial charge is 0.297 e. The second kappa shape index (κ2) is 5.82. The Bertz CT molecular complexity index is 666. The van der Waals surface area contributed by atoms with E-state index in [1.54, 1.807) is 26.0 Å². The van der Waals surface area contributed by atoms with Crippen LogP contribution in [0.2, 0.25) is 0 Å². The van der Waals surface area contributed by atoms with E-state index in [0.717, 1.165) is 5.56 Å². The van der Waals surface area contributed by atoms with Gasteiger partial charge in [0.2, 0.25) is 0 Å². The number of hydrogen-bond donors (Lipinski definition) is 0. The van der Waals surface area contributed by atoms with Gasteiger partial charge in [-0.2, -0.15) is 8.42 Å². The third-order valence-electron chi connectivity index (χ3n) is 4.04. The van der Waals surface area contributed by atoms with Gasteiger partial charge in [0, 0.05) is 0 Å². The molecule has 4 atom stereocenters. The molecule has 2 aliphatic heterocycles. The van der Waals surface area contributed by atoms with Crippen molar-refractivity contribution in [2.45, 2.75) is 69.4 Å². The van der Waals surface area contributed by atoms with Gasteiger partial charge in [-0.1, -0.05) is 24.6 Å². The highest BCUT2D eigenvalue weighted by Crippen LogP contribution is 2.40. The lowest BCUT2D eigenvalue weighted by Gasteiger charge is -2.24. The zero-order valence-electron chi connectivity index (χ0n) is 13.7. The Morgan fingerprint density at radius 3 is 2.43 bits per heavy atom. The summed E-state index contributed by atoms with van der Waals surface area (Å²) in [6.07, 6.45) is -1.67. The summed E-state index contributed by atoms with van der Waals surface area (Å²) in [5.74, 6) is -0.816. The van der Waals surface area contributed by atoms with E-state index in [0.29, 0.717) is 6.42 Å². The van der Waals surface area contributed by atoms with Crippen LogP contribution in [0, 0.1) is 6.92 Å². The molecule has 6 nitrogen and oxygen atoms in total. The van der Waals surface area contributed by atoms with Gasteiger partial charge < -0.3 is 14.2 Å². The zero-order valence-corrected chi connectivity index (χ0v) is 14.5. The minimum Gasteiger partial charge on any atom is -0.344 e. The largest absolute Gasteiger partial charge is 0.344 e. The Morgan fingerprint density at radius 1 is 1.17 bits per heavy atom. The van der Waals surface area contributed by atoms with E-state index in [-0.39, 0.29) is 11.0 Å². The highest BCUT2D eigenvalue weighted by atomic mass is 32.2. The molecule has 7 heteroatoms. The van der Waals surface area contributed by atoms with Crippen molar-refractivity contribution in [1.82, 2.24) is 0 Å². The van der Waals surface area contributed by atoms with Crippen LogP contribution in [0.3, 0.4) is 0 Å². The molecule has 2 saturated heterocycles. The van der Waals surface area contributed by atoms with Crippen molar-refractivity contribution in [2.75, 3.05) is 0 Å². The minimum absolute atomic E-state index is 0.125. The maximum absolute atomic E-state index is 12.5. The standard InChI is InChI=1S/C16H22O6S/c1-5-12-13(14-15(19-12)21-16(3,4)20-14)22-23(17,18)11-8-6-10(2)7-9-11/h6-9,12-15H,5H2,1-4H3/t12-,13+,14-,15-/m1/s1. The average molecular weight is 342 g/mol. The Hall–Kier alpha value is -0.990. The van der Waals surface area contributed by atoms with E-state index in [4.69, 9.17) is 18.4 Å². The SMILES string of the molecule is CC[C@H]1O[C@@H]2OC(C)(C)O[C@@H]2[C@H]1OS(=O)(=O)c1ccc(C)cc1. The van der Waals surface area contributed by atoms with Gasteiger partial charge >= 0.3 is 0 Å². The van der Waals surface area contributed by atoms with Crippen LogP contribution in [-0.2, 0) is 28.5 Å². The lowest BCUT2D eigenvalue weighted by Crippen LogP contribution is -2.38. The summed E-state index contributed by atoms with van der Waals surface area (Å²) in [5.41, 5.74) is 0.980. The highest BCUT2D eigenvalue weighted by Gasteiger charge is 2.56. The van der Waals surface area contributed by atoms with Crippen LogP contribution in [0.25, 0.3) is 0 Å². The first-order valence-corrected chi connectivity index (χ1v) is 9.14. The zero-order chi connectivity index (χ0) is 16.8. The van der Waals surface area contributed by atoms with Gasteiger partial charge in [0.1, 0.15) is 12.2 Å². The van der Waals surface area contributed by atoms with Crippen LogP contribution < -0.4 is 0 Å². The van der Waals surface area contributed by atoms with Gasteiger partial charge in [-0.3, -0.25) is 4.18 Å². The fourth-order valence-electron chi connectivity index (χ4n) is 2.90. The number of aryl methyl sites for hydroxylation is 1. The topological polar surface area (TPSA) is 71.1 Å². The second-order valence-electron chi connectivity index (χ2n) is 6.38. The molecule has 23 heavy (non-hydrogen) atoms. The predicted molar refractivity (Wildman–Crippen MR) is 82.2 cm³/mol. The fourth-order valence-corrected chi connectivity index (χ4v) is 4.00. The molecule has 0 unspecified atom stereocenters. The lowest BCUT2D eigenvalue weighted by atomic mass is 10.1. The van der Waals surface area contributed by atoms with Crippen LogP contribution in [0.5, 0.6) is 0 Å². The van der Waals surface area contributed by atoms with Crippen LogP contribution in [0.4, 0.5) is 0 Å². The van der Waals surface area contributed by atoms with E-state index in [1.807, 2.05) is 13.8 Å². The number of fused-ring (bicyclic) bond motifs is 1. The fraction of sp³-hybridized carbons (Fsp3) is 0.625. The van der Waals surface area contributed by atoms with Crippen molar-refractivity contribution < 1.29 is 26.8 Å². The van der Waals surface area contributed by atoms with E-state index >= 15 is 0 Å². The summed E-state index contributed by atoms with van der Waals surface area (Å²) in [5, 5.41) is 0. The van der Waals surface area contributed by atoms with E-state index < -0.39 is 34.4 Å². The Balaban J connectivity index is 1.83. The third-order valence-corrected chi connectivity index (χ3v) is 5.36. The van der Waals surface area contributed by atoms with Crippen LogP contribution in [0.1, 0.15) is 32.8 Å². The van der Waals surface area contributed by atoms with Crippen molar-refractivity contribution in [3.05, 3.63) is 29.8 Å². The molecule has 1 aromatic rings. The van der Waals surface area contributed by atoms with Gasteiger partial charge in [-0.25, -0.2) is 0 Å². The highest BCUT2D eigenvalue weighted by molar-refractivity contribution is 7.86. The summed E-state index contributed by atoms with van der Waals surface area (Å²) < 4.78 is 47.7. The van der Waals surface area contributed by atoms with Gasteiger partial charge in [0.15, 0.2) is 12.1 Å². The summed E-state index contributed by atoms with van der Waals surface area (Å²) in [6, 6.07) is 6.54. The molecule has 0 radical (unpaired) electrons. The van der Waals surface area contributed by atoms with Crippen molar-refractivity contribution in [3.63, 3.8) is 0 Å². The van der Waals surface area contributed by atoms with E-state index in [9.17, 15) is 8.42 Å². The first kappa shape index (κ1) is 16.9. The van der Waals surface area contributed by atoms with Crippen molar-refractivity contribution in [2.24, 2.45) is 0 Å². The number of ether oxygens (including phenoxy) is 3. The molecule has 2 fully saturated rings. The van der Waals surface area contributed by atoms with Crippen LogP contribution >= 0.6 is 0 Å². The summed E-state index contributed by atoms with van der Waals surface area (Å²) >= 11 is 0. The van der Waals surface area contributed by atoms with E-state index in [1.165, 1.54) is 12.1 Å². The van der Waals surface area contributed by atoms with Gasteiger partial charge in [0.25, 0.3) is 10.1 Å². The van der Waals surface area contributed by atoms with Gasteiger partial charge in [0.05, 0.1) is 11.0 Å². The molecule has 2 aliphatic rings. The molecule has 128 valence electrons. The predicted octanol–water partition coefficient (Wildman–Crippen LogP) is 2.36. The van der Waals surface area contributed by atoms with Gasteiger partial charge in [-0.15, -0.1) is 0 Å². The molecule has 0 bridgehead atoms. The summed E-state index contributed by atoms with van der Waals surface area (Å²) in [6.45, 7) is 7.33.